The standard InChI is InChI=1S/C25H28N2O5/c1-16(13-23(29)30)26-22(28)14-25(11-6-12-25)27-24(31)32-15-21-19-9-4-2-7-17(19)18-8-3-5-10-20(18)21/h2-5,7-10,16,21H,6,11-15H2,1H3,(H,26,28)(H,27,31)(H,29,30)/t16-/m0/s1. The van der Waals surface area contributed by atoms with Crippen LogP contribution in [-0.2, 0) is 14.3 Å². The van der Waals surface area contributed by atoms with E-state index in [4.69, 9.17) is 9.84 Å². The molecule has 1 fully saturated rings. The number of benzene rings is 2. The third kappa shape index (κ3) is 4.61. The molecule has 0 aromatic heterocycles. The summed E-state index contributed by atoms with van der Waals surface area (Å²) in [7, 11) is 0. The summed E-state index contributed by atoms with van der Waals surface area (Å²) in [5.74, 6) is -1.25. The van der Waals surface area contributed by atoms with Crippen molar-refractivity contribution in [2.45, 2.75) is 56.5 Å². The predicted molar refractivity (Wildman–Crippen MR) is 119 cm³/mol. The number of alkyl carbamates (subject to hydrolysis) is 1. The van der Waals surface area contributed by atoms with Crippen LogP contribution < -0.4 is 10.6 Å². The zero-order chi connectivity index (χ0) is 22.7. The van der Waals surface area contributed by atoms with Gasteiger partial charge in [-0.15, -0.1) is 0 Å². The quantitative estimate of drug-likeness (QED) is 0.584. The van der Waals surface area contributed by atoms with Crippen LogP contribution >= 0.6 is 0 Å². The number of nitrogens with one attached hydrogen (secondary N) is 2. The van der Waals surface area contributed by atoms with Crippen molar-refractivity contribution in [3.8, 4) is 11.1 Å². The number of amides is 2. The smallest absolute Gasteiger partial charge is 0.407 e. The van der Waals surface area contributed by atoms with E-state index < -0.39 is 23.6 Å². The fourth-order valence-corrected chi connectivity index (χ4v) is 4.75. The van der Waals surface area contributed by atoms with E-state index in [0.717, 1.165) is 17.5 Å². The van der Waals surface area contributed by atoms with Gasteiger partial charge in [-0.1, -0.05) is 48.5 Å². The minimum Gasteiger partial charge on any atom is -0.481 e. The first-order chi connectivity index (χ1) is 15.4. The fourth-order valence-electron chi connectivity index (χ4n) is 4.75. The average Bonchev–Trinajstić information content (AvgIpc) is 3.03. The van der Waals surface area contributed by atoms with Gasteiger partial charge in [0.1, 0.15) is 6.61 Å². The van der Waals surface area contributed by atoms with E-state index in [-0.39, 0.29) is 31.3 Å². The molecule has 3 N–H and O–H groups in total. The van der Waals surface area contributed by atoms with Crippen LogP contribution in [0.2, 0.25) is 0 Å². The van der Waals surface area contributed by atoms with Crippen molar-refractivity contribution >= 4 is 18.0 Å². The Balaban J connectivity index is 1.35. The number of carbonyl (C=O) groups is 3. The van der Waals surface area contributed by atoms with Crippen molar-refractivity contribution in [2.24, 2.45) is 0 Å². The number of rotatable bonds is 8. The Bertz CT molecular complexity index is 985. The van der Waals surface area contributed by atoms with Crippen molar-refractivity contribution in [1.82, 2.24) is 10.6 Å². The van der Waals surface area contributed by atoms with Gasteiger partial charge in [0.2, 0.25) is 5.91 Å². The molecule has 2 amide bonds. The Kier molecular flexibility index (Phi) is 6.17. The number of aliphatic carboxylic acids is 1. The fraction of sp³-hybridized carbons (Fsp3) is 0.400. The lowest BCUT2D eigenvalue weighted by Crippen LogP contribution is -2.56. The van der Waals surface area contributed by atoms with Crippen LogP contribution in [0.1, 0.15) is 56.1 Å². The summed E-state index contributed by atoms with van der Waals surface area (Å²) < 4.78 is 5.63. The van der Waals surface area contributed by atoms with Crippen LogP contribution in [0.5, 0.6) is 0 Å². The van der Waals surface area contributed by atoms with E-state index >= 15 is 0 Å². The molecule has 2 aromatic carbocycles. The summed E-state index contributed by atoms with van der Waals surface area (Å²) in [6, 6.07) is 15.8. The van der Waals surface area contributed by atoms with Gasteiger partial charge in [0.25, 0.3) is 0 Å². The Morgan fingerprint density at radius 3 is 2.19 bits per heavy atom. The molecular formula is C25H28N2O5. The van der Waals surface area contributed by atoms with E-state index in [2.05, 4.69) is 34.9 Å². The average molecular weight is 437 g/mol. The summed E-state index contributed by atoms with van der Waals surface area (Å²) in [6.07, 6.45) is 1.75. The van der Waals surface area contributed by atoms with Gasteiger partial charge in [-0.05, 0) is 48.4 Å². The van der Waals surface area contributed by atoms with Crippen LogP contribution in [0.25, 0.3) is 11.1 Å². The van der Waals surface area contributed by atoms with E-state index in [0.29, 0.717) is 12.8 Å². The first kappa shape index (κ1) is 21.9. The molecule has 1 atom stereocenters. The maximum atomic E-state index is 12.6. The van der Waals surface area contributed by atoms with E-state index in [1.807, 2.05) is 24.3 Å². The number of hydrogen-bond acceptors (Lipinski definition) is 4. The van der Waals surface area contributed by atoms with Gasteiger partial charge in [0, 0.05) is 18.4 Å². The summed E-state index contributed by atoms with van der Waals surface area (Å²) in [5.41, 5.74) is 3.99. The van der Waals surface area contributed by atoms with Crippen LogP contribution in [0.15, 0.2) is 48.5 Å². The molecule has 7 nitrogen and oxygen atoms in total. The highest BCUT2D eigenvalue weighted by Gasteiger charge is 2.41. The van der Waals surface area contributed by atoms with Crippen molar-refractivity contribution in [1.29, 1.82) is 0 Å². The van der Waals surface area contributed by atoms with Crippen LogP contribution in [0.4, 0.5) is 4.79 Å². The lowest BCUT2D eigenvalue weighted by Gasteiger charge is -2.41. The summed E-state index contributed by atoms with van der Waals surface area (Å²) in [6.45, 7) is 1.87. The van der Waals surface area contributed by atoms with Gasteiger partial charge < -0.3 is 20.5 Å². The molecule has 0 radical (unpaired) electrons. The van der Waals surface area contributed by atoms with E-state index in [1.54, 1.807) is 6.92 Å². The van der Waals surface area contributed by atoms with Gasteiger partial charge in [-0.3, -0.25) is 9.59 Å². The maximum absolute atomic E-state index is 12.6. The molecule has 0 saturated heterocycles. The van der Waals surface area contributed by atoms with Crippen LogP contribution in [-0.4, -0.2) is 41.3 Å². The monoisotopic (exact) mass is 436 g/mol. The molecule has 168 valence electrons. The molecule has 0 heterocycles. The minimum absolute atomic E-state index is 0.0225. The Hall–Kier alpha value is -3.35. The second kappa shape index (κ2) is 9.02. The number of ether oxygens (including phenoxy) is 1. The third-order valence-electron chi connectivity index (χ3n) is 6.41. The highest BCUT2D eigenvalue weighted by atomic mass is 16.5. The summed E-state index contributed by atoms with van der Waals surface area (Å²) >= 11 is 0. The topological polar surface area (TPSA) is 105 Å². The second-order valence-corrected chi connectivity index (χ2v) is 8.83. The summed E-state index contributed by atoms with van der Waals surface area (Å²) in [4.78, 5) is 35.8. The Morgan fingerprint density at radius 1 is 1.06 bits per heavy atom. The van der Waals surface area contributed by atoms with E-state index in [9.17, 15) is 14.4 Å². The Labute approximate surface area is 187 Å². The maximum Gasteiger partial charge on any atom is 0.407 e. The van der Waals surface area contributed by atoms with Crippen molar-refractivity contribution in [2.75, 3.05) is 6.61 Å². The molecule has 0 unspecified atom stereocenters. The lowest BCUT2D eigenvalue weighted by atomic mass is 9.74. The molecule has 2 aliphatic rings. The summed E-state index contributed by atoms with van der Waals surface area (Å²) in [5, 5.41) is 14.5. The molecule has 4 rings (SSSR count). The number of carbonyl (C=O) groups excluding carboxylic acids is 2. The van der Waals surface area contributed by atoms with Gasteiger partial charge in [-0.25, -0.2) is 4.79 Å². The van der Waals surface area contributed by atoms with Crippen molar-refractivity contribution in [3.63, 3.8) is 0 Å². The lowest BCUT2D eigenvalue weighted by molar-refractivity contribution is -0.137. The molecule has 2 aromatic rings. The second-order valence-electron chi connectivity index (χ2n) is 8.83. The molecule has 0 spiro atoms. The normalized spacial score (nSPS) is 16.8. The minimum atomic E-state index is -0.965. The molecule has 0 aliphatic heterocycles. The van der Waals surface area contributed by atoms with Gasteiger partial charge in [0.15, 0.2) is 0 Å². The van der Waals surface area contributed by atoms with Crippen LogP contribution in [0, 0.1) is 0 Å². The molecule has 2 aliphatic carbocycles. The highest BCUT2D eigenvalue weighted by molar-refractivity contribution is 5.81. The Morgan fingerprint density at radius 2 is 1.66 bits per heavy atom. The van der Waals surface area contributed by atoms with Crippen molar-refractivity contribution in [3.05, 3.63) is 59.7 Å². The van der Waals surface area contributed by atoms with Gasteiger partial charge in [-0.2, -0.15) is 0 Å². The first-order valence-electron chi connectivity index (χ1n) is 11.0. The van der Waals surface area contributed by atoms with Gasteiger partial charge >= 0.3 is 12.1 Å². The number of fused-ring (bicyclic) bond motifs is 3. The SMILES string of the molecule is C[C@@H](CC(=O)O)NC(=O)CC1(NC(=O)OCC2c3ccccc3-c3ccccc32)CCC1. The van der Waals surface area contributed by atoms with Crippen molar-refractivity contribution < 1.29 is 24.2 Å². The number of carboxylic acids is 1. The predicted octanol–water partition coefficient (Wildman–Crippen LogP) is 3.82. The first-order valence-corrected chi connectivity index (χ1v) is 11.0. The molecule has 32 heavy (non-hydrogen) atoms. The zero-order valence-corrected chi connectivity index (χ0v) is 18.1. The number of carboxylic acid groups (broad SMARTS) is 1. The largest absolute Gasteiger partial charge is 0.481 e. The molecule has 0 bridgehead atoms. The third-order valence-corrected chi connectivity index (χ3v) is 6.41. The molecule has 7 heteroatoms. The van der Waals surface area contributed by atoms with Crippen LogP contribution in [0.3, 0.4) is 0 Å². The van der Waals surface area contributed by atoms with Gasteiger partial charge in [0.05, 0.1) is 12.0 Å². The number of hydrogen-bond donors (Lipinski definition) is 3. The van der Waals surface area contributed by atoms with E-state index in [1.165, 1.54) is 11.1 Å². The molecular weight excluding hydrogens is 408 g/mol. The highest BCUT2D eigenvalue weighted by Crippen LogP contribution is 2.44. The zero-order valence-electron chi connectivity index (χ0n) is 18.1. The molecule has 1 saturated carbocycles.